The summed E-state index contributed by atoms with van der Waals surface area (Å²) in [6.07, 6.45) is 0. The van der Waals surface area contributed by atoms with Crippen LogP contribution in [0.25, 0.3) is 0 Å². The first-order valence-corrected chi connectivity index (χ1v) is 9.08. The topological polar surface area (TPSA) is 54.5 Å². The molecule has 0 amide bonds. The van der Waals surface area contributed by atoms with Crippen LogP contribution in [0.2, 0.25) is 15.1 Å². The van der Waals surface area contributed by atoms with Gasteiger partial charge in [0, 0.05) is 15.1 Å². The summed E-state index contributed by atoms with van der Waals surface area (Å²) in [5, 5.41) is -0.00925. The van der Waals surface area contributed by atoms with Gasteiger partial charge in [-0.2, -0.15) is 0 Å². The third-order valence-electron chi connectivity index (χ3n) is 2.80. The molecule has 0 aliphatic carbocycles. The van der Waals surface area contributed by atoms with Gasteiger partial charge in [-0.05, 0) is 54.1 Å². The van der Waals surface area contributed by atoms with Gasteiger partial charge in [-0.3, -0.25) is 9.10 Å². The maximum absolute atomic E-state index is 12.8. The van der Waals surface area contributed by atoms with E-state index in [1.54, 1.807) is 0 Å². The largest absolute Gasteiger partial charge is 0.279 e. The zero-order valence-electron chi connectivity index (χ0n) is 11.3. The number of hydrogen-bond donors (Lipinski definition) is 0. The number of rotatable bonds is 5. The van der Waals surface area contributed by atoms with Crippen molar-refractivity contribution in [2.45, 2.75) is 4.90 Å². The SMILES string of the molecule is O=C(Cl)CN(c1cc(Cl)cc(Cl)c1)S(=O)(=O)c1ccc(Cl)cc1. The highest BCUT2D eigenvalue weighted by Crippen LogP contribution is 2.30. The van der Waals surface area contributed by atoms with Gasteiger partial charge in [0.15, 0.2) is 0 Å². The van der Waals surface area contributed by atoms with Crippen molar-refractivity contribution in [3.8, 4) is 0 Å². The molecule has 0 aromatic heterocycles. The predicted molar refractivity (Wildman–Crippen MR) is 93.3 cm³/mol. The van der Waals surface area contributed by atoms with Crippen LogP contribution in [-0.2, 0) is 14.8 Å². The van der Waals surface area contributed by atoms with E-state index >= 15 is 0 Å². The molecule has 0 saturated heterocycles. The summed E-state index contributed by atoms with van der Waals surface area (Å²) in [4.78, 5) is 11.3. The molecule has 0 aliphatic heterocycles. The van der Waals surface area contributed by atoms with Crippen molar-refractivity contribution in [3.63, 3.8) is 0 Å². The molecule has 122 valence electrons. The summed E-state index contributed by atoms with van der Waals surface area (Å²) in [6.45, 7) is -0.566. The highest BCUT2D eigenvalue weighted by Gasteiger charge is 2.27. The second-order valence-corrected chi connectivity index (χ2v) is 8.04. The Morgan fingerprint density at radius 1 is 0.913 bits per heavy atom. The van der Waals surface area contributed by atoms with Gasteiger partial charge in [-0.25, -0.2) is 8.42 Å². The zero-order valence-corrected chi connectivity index (χ0v) is 15.2. The first kappa shape index (κ1) is 18.4. The first-order valence-electron chi connectivity index (χ1n) is 6.13. The van der Waals surface area contributed by atoms with Gasteiger partial charge in [-0.1, -0.05) is 34.8 Å². The number of hydrogen-bond acceptors (Lipinski definition) is 3. The molecule has 2 aromatic rings. The fourth-order valence-electron chi connectivity index (χ4n) is 1.85. The molecule has 0 bridgehead atoms. The van der Waals surface area contributed by atoms with Crippen LogP contribution in [0.3, 0.4) is 0 Å². The summed E-state index contributed by atoms with van der Waals surface area (Å²) in [6, 6.07) is 9.72. The van der Waals surface area contributed by atoms with E-state index in [0.717, 1.165) is 4.31 Å². The molecule has 0 N–H and O–H groups in total. The minimum Gasteiger partial charge on any atom is -0.279 e. The highest BCUT2D eigenvalue weighted by molar-refractivity contribution is 7.92. The Kier molecular flexibility index (Phi) is 5.81. The van der Waals surface area contributed by atoms with Gasteiger partial charge in [0.05, 0.1) is 10.6 Å². The second kappa shape index (κ2) is 7.28. The minimum absolute atomic E-state index is 0.0454. The average Bonchev–Trinajstić information content (AvgIpc) is 2.43. The second-order valence-electron chi connectivity index (χ2n) is 4.45. The summed E-state index contributed by atoms with van der Waals surface area (Å²) >= 11 is 23.0. The van der Waals surface area contributed by atoms with E-state index in [-0.39, 0.29) is 20.6 Å². The maximum Gasteiger partial charge on any atom is 0.264 e. The predicted octanol–water partition coefficient (Wildman–Crippen LogP) is 4.61. The van der Waals surface area contributed by atoms with Crippen molar-refractivity contribution in [1.29, 1.82) is 0 Å². The molecular formula is C14H9Cl4NO3S. The number of halogens is 4. The molecule has 0 spiro atoms. The third kappa shape index (κ3) is 4.52. The van der Waals surface area contributed by atoms with Gasteiger partial charge >= 0.3 is 0 Å². The number of carbonyl (C=O) groups excluding carboxylic acids is 1. The average molecular weight is 413 g/mol. The standard InChI is InChI=1S/C14H9Cl4NO3S/c15-9-1-3-13(4-2-9)23(21,22)19(8-14(18)20)12-6-10(16)5-11(17)7-12/h1-7H,8H2. The Morgan fingerprint density at radius 2 is 1.43 bits per heavy atom. The van der Waals surface area contributed by atoms with Crippen LogP contribution in [0.15, 0.2) is 47.4 Å². The van der Waals surface area contributed by atoms with E-state index < -0.39 is 21.8 Å². The van der Waals surface area contributed by atoms with Gasteiger partial charge in [0.1, 0.15) is 6.54 Å². The molecule has 23 heavy (non-hydrogen) atoms. The van der Waals surface area contributed by atoms with Crippen LogP contribution in [0.4, 0.5) is 5.69 Å². The molecule has 0 atom stereocenters. The Hall–Kier alpha value is -0.980. The highest BCUT2D eigenvalue weighted by atomic mass is 35.5. The number of anilines is 1. The van der Waals surface area contributed by atoms with Crippen LogP contribution in [0.5, 0.6) is 0 Å². The van der Waals surface area contributed by atoms with Gasteiger partial charge in [0.2, 0.25) is 5.24 Å². The molecule has 0 radical (unpaired) electrons. The van der Waals surface area contributed by atoms with E-state index in [4.69, 9.17) is 46.4 Å². The van der Waals surface area contributed by atoms with E-state index in [1.165, 1.54) is 42.5 Å². The molecule has 0 aliphatic rings. The molecule has 0 fully saturated rings. The van der Waals surface area contributed by atoms with Gasteiger partial charge < -0.3 is 0 Å². The minimum atomic E-state index is -4.05. The Morgan fingerprint density at radius 3 is 1.91 bits per heavy atom. The van der Waals surface area contributed by atoms with Crippen molar-refractivity contribution in [2.24, 2.45) is 0 Å². The van der Waals surface area contributed by atoms with Crippen LogP contribution >= 0.6 is 46.4 Å². The summed E-state index contributed by atoms with van der Waals surface area (Å²) in [5.74, 6) is 0. The van der Waals surface area contributed by atoms with Crippen molar-refractivity contribution in [3.05, 3.63) is 57.5 Å². The van der Waals surface area contributed by atoms with E-state index in [1.807, 2.05) is 0 Å². The summed E-state index contributed by atoms with van der Waals surface area (Å²) in [7, 11) is -4.05. The number of nitrogens with zero attached hydrogens (tertiary/aromatic N) is 1. The molecule has 4 nitrogen and oxygen atoms in total. The summed E-state index contributed by atoms with van der Waals surface area (Å²) in [5.41, 5.74) is 0.131. The first-order chi connectivity index (χ1) is 10.7. The van der Waals surface area contributed by atoms with Crippen molar-refractivity contribution < 1.29 is 13.2 Å². The number of sulfonamides is 1. The fourth-order valence-corrected chi connectivity index (χ4v) is 4.08. The maximum atomic E-state index is 12.8. The lowest BCUT2D eigenvalue weighted by molar-refractivity contribution is -0.110. The van der Waals surface area contributed by atoms with Gasteiger partial charge in [0.25, 0.3) is 10.0 Å². The number of benzene rings is 2. The monoisotopic (exact) mass is 411 g/mol. The van der Waals surface area contributed by atoms with Crippen LogP contribution in [0.1, 0.15) is 0 Å². The molecule has 2 aromatic carbocycles. The van der Waals surface area contributed by atoms with Crippen molar-refractivity contribution in [2.75, 3.05) is 10.8 Å². The Labute approximate surface area is 153 Å². The molecular weight excluding hydrogens is 404 g/mol. The lowest BCUT2D eigenvalue weighted by Crippen LogP contribution is -2.34. The smallest absolute Gasteiger partial charge is 0.264 e. The Balaban J connectivity index is 2.57. The van der Waals surface area contributed by atoms with Crippen molar-refractivity contribution >= 4 is 67.4 Å². The molecule has 0 saturated carbocycles. The van der Waals surface area contributed by atoms with Gasteiger partial charge in [-0.15, -0.1) is 0 Å². The quantitative estimate of drug-likeness (QED) is 0.674. The van der Waals surface area contributed by atoms with Crippen LogP contribution in [0, 0.1) is 0 Å². The number of carbonyl (C=O) groups is 1. The molecule has 9 heteroatoms. The lowest BCUT2D eigenvalue weighted by Gasteiger charge is -2.23. The Bertz CT molecular complexity index is 817. The molecule has 2 rings (SSSR count). The lowest BCUT2D eigenvalue weighted by atomic mass is 10.3. The molecule has 0 unspecified atom stereocenters. The summed E-state index contributed by atoms with van der Waals surface area (Å²) < 4.78 is 26.4. The third-order valence-corrected chi connectivity index (χ3v) is 5.40. The zero-order chi connectivity index (χ0) is 17.2. The van der Waals surface area contributed by atoms with Crippen LogP contribution < -0.4 is 4.31 Å². The van der Waals surface area contributed by atoms with Crippen molar-refractivity contribution in [1.82, 2.24) is 0 Å². The van der Waals surface area contributed by atoms with E-state index in [9.17, 15) is 13.2 Å². The fraction of sp³-hybridized carbons (Fsp3) is 0.0714. The molecule has 0 heterocycles. The normalized spacial score (nSPS) is 11.3. The van der Waals surface area contributed by atoms with E-state index in [0.29, 0.717) is 5.02 Å². The van der Waals surface area contributed by atoms with E-state index in [2.05, 4.69) is 0 Å². The van der Waals surface area contributed by atoms with Crippen LogP contribution in [-0.4, -0.2) is 20.2 Å².